The summed E-state index contributed by atoms with van der Waals surface area (Å²) in [7, 11) is 0. The summed E-state index contributed by atoms with van der Waals surface area (Å²) in [6, 6.07) is 0. The number of hydrogen-bond donors (Lipinski definition) is 1. The molecular formula is C8H18N3NaO3. The summed E-state index contributed by atoms with van der Waals surface area (Å²) in [5.41, 5.74) is 0. The van der Waals surface area contributed by atoms with Crippen LogP contribution in [0.15, 0.2) is 10.5 Å². The Morgan fingerprint density at radius 3 is 2.53 bits per heavy atom. The average Bonchev–Trinajstić information content (AvgIpc) is 2.13. The van der Waals surface area contributed by atoms with Crippen LogP contribution < -0.4 is 34.8 Å². The molecule has 0 unspecified atom stereocenters. The van der Waals surface area contributed by atoms with Crippen molar-refractivity contribution >= 4 is 0 Å². The van der Waals surface area contributed by atoms with E-state index in [1.54, 1.807) is 0 Å². The molecule has 0 saturated carbocycles. The molecule has 0 aromatic rings. The molecule has 0 fully saturated rings. The van der Waals surface area contributed by atoms with Crippen LogP contribution in [0.4, 0.5) is 0 Å². The first-order valence-corrected chi connectivity index (χ1v) is 4.76. The molecule has 0 atom stereocenters. The molecule has 0 saturated heterocycles. The molecule has 0 radical (unpaired) electrons. The molecule has 1 N–H and O–H groups in total. The quantitative estimate of drug-likeness (QED) is 0.212. The molecule has 0 amide bonds. The van der Waals surface area contributed by atoms with Gasteiger partial charge in [0.05, 0.1) is 13.2 Å². The van der Waals surface area contributed by atoms with Gasteiger partial charge in [0.15, 0.2) is 0 Å². The molecule has 0 aromatic heterocycles. The number of hydrogen-bond acceptors (Lipinski definition) is 5. The Bertz CT molecular complexity index is 158. The molecule has 0 aliphatic rings. The van der Waals surface area contributed by atoms with Crippen LogP contribution in [-0.4, -0.2) is 29.8 Å². The van der Waals surface area contributed by atoms with Crippen molar-refractivity contribution in [2.45, 2.75) is 26.7 Å². The summed E-state index contributed by atoms with van der Waals surface area (Å²) in [6.07, 6.45) is 2.03. The Kier molecular flexibility index (Phi) is 14.2. The fraction of sp³-hybridized carbons (Fsp3) is 1.00. The van der Waals surface area contributed by atoms with Gasteiger partial charge in [-0.2, -0.15) is 0 Å². The maximum Gasteiger partial charge on any atom is 1.00 e. The van der Waals surface area contributed by atoms with Gasteiger partial charge in [0.1, 0.15) is 0 Å². The molecule has 0 heterocycles. The van der Waals surface area contributed by atoms with Crippen molar-refractivity contribution in [2.24, 2.45) is 16.4 Å². The molecule has 0 rings (SSSR count). The standard InChI is InChI=1S/C8H19N3O3.Na/c1-8(2)4-3-5-11(6-7-12)9-10-14-13;/h8,12-13H,3-7H2,1-2H3;/q;+1/p-1/b10-9+;. The van der Waals surface area contributed by atoms with Crippen LogP contribution in [0.3, 0.4) is 0 Å². The third kappa shape index (κ3) is 12.0. The van der Waals surface area contributed by atoms with Crippen LogP contribution in [0.25, 0.3) is 0 Å². The van der Waals surface area contributed by atoms with Crippen LogP contribution >= 0.6 is 0 Å². The van der Waals surface area contributed by atoms with E-state index >= 15 is 0 Å². The van der Waals surface area contributed by atoms with Crippen LogP contribution in [0.5, 0.6) is 0 Å². The zero-order valence-electron chi connectivity index (χ0n) is 9.72. The third-order valence-corrected chi connectivity index (χ3v) is 1.75. The SMILES string of the molecule is CC(C)CCCN(CCO)/N=N/O[O-].[Na+]. The summed E-state index contributed by atoms with van der Waals surface area (Å²) in [4.78, 5) is 3.23. The molecule has 0 aliphatic carbocycles. The normalized spacial score (nSPS) is 10.5. The molecule has 0 aromatic carbocycles. The van der Waals surface area contributed by atoms with Gasteiger partial charge in [-0.3, -0.25) is 5.01 Å². The van der Waals surface area contributed by atoms with Crippen molar-refractivity contribution in [1.29, 1.82) is 0 Å². The van der Waals surface area contributed by atoms with E-state index in [4.69, 9.17) is 5.11 Å². The number of nitrogens with zero attached hydrogens (tertiary/aromatic N) is 3. The van der Waals surface area contributed by atoms with E-state index in [1.807, 2.05) is 0 Å². The van der Waals surface area contributed by atoms with E-state index in [9.17, 15) is 5.26 Å². The van der Waals surface area contributed by atoms with Gasteiger partial charge in [-0.25, -0.2) is 0 Å². The van der Waals surface area contributed by atoms with E-state index in [1.165, 1.54) is 5.01 Å². The molecule has 84 valence electrons. The maximum atomic E-state index is 9.57. The summed E-state index contributed by atoms with van der Waals surface area (Å²) in [5, 5.41) is 26.1. The molecule has 6 nitrogen and oxygen atoms in total. The first-order valence-electron chi connectivity index (χ1n) is 4.76. The molecule has 0 spiro atoms. The predicted molar refractivity (Wildman–Crippen MR) is 48.7 cm³/mol. The Morgan fingerprint density at radius 1 is 1.40 bits per heavy atom. The van der Waals surface area contributed by atoms with Crippen molar-refractivity contribution in [3.8, 4) is 0 Å². The summed E-state index contributed by atoms with van der Waals surface area (Å²) < 4.78 is 0. The second kappa shape index (κ2) is 12.2. The fourth-order valence-corrected chi connectivity index (χ4v) is 1.07. The molecule has 7 heteroatoms. The second-order valence-electron chi connectivity index (χ2n) is 3.46. The largest absolute Gasteiger partial charge is 1.00 e. The Labute approximate surface area is 112 Å². The number of aliphatic hydroxyl groups excluding tert-OH is 1. The van der Waals surface area contributed by atoms with Crippen molar-refractivity contribution < 1.29 is 44.9 Å². The number of rotatable bonds is 8. The van der Waals surface area contributed by atoms with Crippen LogP contribution in [-0.2, 0) is 4.99 Å². The molecule has 15 heavy (non-hydrogen) atoms. The zero-order valence-corrected chi connectivity index (χ0v) is 11.7. The Hall–Kier alpha value is 0.120. The van der Waals surface area contributed by atoms with Crippen LogP contribution in [0, 0.1) is 5.92 Å². The summed E-state index contributed by atoms with van der Waals surface area (Å²) >= 11 is 0. The second-order valence-corrected chi connectivity index (χ2v) is 3.46. The van der Waals surface area contributed by atoms with Gasteiger partial charge < -0.3 is 15.4 Å². The molecule has 0 bridgehead atoms. The topological polar surface area (TPSA) is 80.5 Å². The third-order valence-electron chi connectivity index (χ3n) is 1.75. The van der Waals surface area contributed by atoms with E-state index in [0.717, 1.165) is 12.8 Å². The van der Waals surface area contributed by atoms with Gasteiger partial charge in [-0.15, -0.1) is 0 Å². The minimum Gasteiger partial charge on any atom is -0.636 e. The van der Waals surface area contributed by atoms with Gasteiger partial charge >= 0.3 is 29.6 Å². The fourth-order valence-electron chi connectivity index (χ4n) is 1.07. The van der Waals surface area contributed by atoms with E-state index in [0.29, 0.717) is 19.0 Å². The van der Waals surface area contributed by atoms with E-state index in [2.05, 4.69) is 29.3 Å². The first-order chi connectivity index (χ1) is 6.70. The van der Waals surface area contributed by atoms with Crippen LogP contribution in [0.2, 0.25) is 0 Å². The summed E-state index contributed by atoms with van der Waals surface area (Å²) in [5.74, 6) is 0.638. The van der Waals surface area contributed by atoms with Gasteiger partial charge in [0.2, 0.25) is 0 Å². The van der Waals surface area contributed by atoms with Crippen molar-refractivity contribution in [2.75, 3.05) is 19.7 Å². The monoisotopic (exact) mass is 227 g/mol. The van der Waals surface area contributed by atoms with Gasteiger partial charge in [-0.05, 0) is 24.0 Å². The van der Waals surface area contributed by atoms with Crippen LogP contribution in [0.1, 0.15) is 26.7 Å². The van der Waals surface area contributed by atoms with Gasteiger partial charge in [0.25, 0.3) is 0 Å². The zero-order chi connectivity index (χ0) is 10.8. The Morgan fingerprint density at radius 2 is 2.07 bits per heavy atom. The minimum absolute atomic E-state index is 0. The van der Waals surface area contributed by atoms with Crippen molar-refractivity contribution in [3.63, 3.8) is 0 Å². The maximum absolute atomic E-state index is 9.57. The van der Waals surface area contributed by atoms with E-state index < -0.39 is 0 Å². The smallest absolute Gasteiger partial charge is 0.636 e. The Balaban J connectivity index is 0. The van der Waals surface area contributed by atoms with E-state index in [-0.39, 0.29) is 36.2 Å². The number of aliphatic hydroxyl groups is 1. The first kappa shape index (κ1) is 17.5. The van der Waals surface area contributed by atoms with Gasteiger partial charge in [-0.1, -0.05) is 13.8 Å². The minimum atomic E-state index is -0.0143. The van der Waals surface area contributed by atoms with Gasteiger partial charge in [0, 0.05) is 11.8 Å². The molecule has 0 aliphatic heterocycles. The summed E-state index contributed by atoms with van der Waals surface area (Å²) in [6.45, 7) is 5.30. The molecular weight excluding hydrogens is 209 g/mol. The average molecular weight is 227 g/mol. The van der Waals surface area contributed by atoms with Crippen molar-refractivity contribution in [1.82, 2.24) is 5.01 Å². The predicted octanol–water partition coefficient (Wildman–Crippen LogP) is -2.70. The van der Waals surface area contributed by atoms with Crippen molar-refractivity contribution in [3.05, 3.63) is 0 Å².